The second-order valence-corrected chi connectivity index (χ2v) is 4.68. The van der Waals surface area contributed by atoms with Gasteiger partial charge in [-0.2, -0.15) is 0 Å². The zero-order chi connectivity index (χ0) is 9.68. The van der Waals surface area contributed by atoms with Gasteiger partial charge in [0.2, 0.25) is 0 Å². The van der Waals surface area contributed by atoms with E-state index in [1.807, 2.05) is 23.9 Å². The summed E-state index contributed by atoms with van der Waals surface area (Å²) in [6.45, 7) is 4.33. The molecule has 0 aliphatic heterocycles. The van der Waals surface area contributed by atoms with Crippen LogP contribution in [-0.2, 0) is 0 Å². The third-order valence-corrected chi connectivity index (χ3v) is 2.53. The van der Waals surface area contributed by atoms with E-state index in [2.05, 4.69) is 31.3 Å². The highest BCUT2D eigenvalue weighted by Gasteiger charge is 1.97. The van der Waals surface area contributed by atoms with Crippen LogP contribution in [0.15, 0.2) is 29.2 Å². The molecule has 0 saturated carbocycles. The van der Waals surface area contributed by atoms with Gasteiger partial charge in [0.15, 0.2) is 0 Å². The van der Waals surface area contributed by atoms with E-state index in [1.54, 1.807) is 0 Å². The molecule has 2 N–H and O–H groups in total. The monoisotopic (exact) mass is 197 g/mol. The summed E-state index contributed by atoms with van der Waals surface area (Å²) in [4.78, 5) is 1.26. The van der Waals surface area contributed by atoms with Gasteiger partial charge in [-0.15, -0.1) is 11.8 Å². The molecule has 0 spiro atoms. The lowest BCUT2D eigenvalue weighted by atomic mass is 10.3. The number of aliphatic hydroxyl groups excluding tert-OH is 1. The first-order valence-electron chi connectivity index (χ1n) is 4.34. The van der Waals surface area contributed by atoms with E-state index in [-0.39, 0.29) is 6.73 Å². The maximum atomic E-state index is 8.62. The van der Waals surface area contributed by atoms with Gasteiger partial charge < -0.3 is 10.4 Å². The number of nitrogens with one attached hydrogen (secondary N) is 1. The molecule has 0 amide bonds. The molecule has 0 unspecified atom stereocenters. The summed E-state index contributed by atoms with van der Waals surface area (Å²) >= 11 is 1.83. The Morgan fingerprint density at radius 1 is 1.31 bits per heavy atom. The molecule has 0 radical (unpaired) electrons. The lowest BCUT2D eigenvalue weighted by Crippen LogP contribution is -1.98. The molecular formula is C10H15NOS. The number of benzene rings is 1. The molecule has 0 aliphatic carbocycles. The topological polar surface area (TPSA) is 32.3 Å². The van der Waals surface area contributed by atoms with E-state index in [0.717, 1.165) is 5.69 Å². The lowest BCUT2D eigenvalue weighted by Gasteiger charge is -2.06. The van der Waals surface area contributed by atoms with E-state index >= 15 is 0 Å². The van der Waals surface area contributed by atoms with Crippen LogP contribution in [0.2, 0.25) is 0 Å². The Kier molecular flexibility index (Phi) is 4.12. The molecule has 1 rings (SSSR count). The third kappa shape index (κ3) is 3.70. The fourth-order valence-corrected chi connectivity index (χ4v) is 1.85. The zero-order valence-corrected chi connectivity index (χ0v) is 8.77. The Hall–Kier alpha value is -0.670. The van der Waals surface area contributed by atoms with Gasteiger partial charge in [-0.3, -0.25) is 0 Å². The molecule has 0 atom stereocenters. The predicted octanol–water partition coefficient (Wildman–Crippen LogP) is 2.55. The average Bonchev–Trinajstić information content (AvgIpc) is 2.08. The quantitative estimate of drug-likeness (QED) is 0.574. The van der Waals surface area contributed by atoms with Gasteiger partial charge in [-0.1, -0.05) is 13.8 Å². The summed E-state index contributed by atoms with van der Waals surface area (Å²) in [5.41, 5.74) is 0.954. The van der Waals surface area contributed by atoms with Crippen molar-refractivity contribution in [2.24, 2.45) is 0 Å². The van der Waals surface area contributed by atoms with Gasteiger partial charge in [0, 0.05) is 15.8 Å². The molecule has 3 heteroatoms. The summed E-state index contributed by atoms with van der Waals surface area (Å²) in [5, 5.41) is 12.1. The van der Waals surface area contributed by atoms with E-state index < -0.39 is 0 Å². The van der Waals surface area contributed by atoms with E-state index in [0.29, 0.717) is 5.25 Å². The molecule has 0 saturated heterocycles. The highest BCUT2D eigenvalue weighted by molar-refractivity contribution is 7.99. The van der Waals surface area contributed by atoms with Crippen molar-refractivity contribution in [3.05, 3.63) is 24.3 Å². The number of rotatable bonds is 4. The van der Waals surface area contributed by atoms with Crippen LogP contribution in [0.25, 0.3) is 0 Å². The highest BCUT2D eigenvalue weighted by atomic mass is 32.2. The molecule has 0 fully saturated rings. The van der Waals surface area contributed by atoms with Crippen LogP contribution in [0.1, 0.15) is 13.8 Å². The third-order valence-electron chi connectivity index (χ3n) is 1.51. The summed E-state index contributed by atoms with van der Waals surface area (Å²) in [5.74, 6) is 0. The van der Waals surface area contributed by atoms with Crippen molar-refractivity contribution in [2.45, 2.75) is 24.0 Å². The predicted molar refractivity (Wildman–Crippen MR) is 58.1 cm³/mol. The van der Waals surface area contributed by atoms with Crippen LogP contribution in [0.3, 0.4) is 0 Å². The largest absolute Gasteiger partial charge is 0.377 e. The first-order chi connectivity index (χ1) is 6.22. The second kappa shape index (κ2) is 5.14. The van der Waals surface area contributed by atoms with Crippen molar-refractivity contribution in [3.8, 4) is 0 Å². The van der Waals surface area contributed by atoms with Crippen LogP contribution < -0.4 is 5.32 Å². The molecule has 0 bridgehead atoms. The van der Waals surface area contributed by atoms with Crippen molar-refractivity contribution in [1.82, 2.24) is 0 Å². The van der Waals surface area contributed by atoms with Crippen molar-refractivity contribution in [1.29, 1.82) is 0 Å². The van der Waals surface area contributed by atoms with Gasteiger partial charge in [0.1, 0.15) is 6.73 Å². The summed E-state index contributed by atoms with van der Waals surface area (Å²) in [6.07, 6.45) is 0. The number of anilines is 1. The minimum absolute atomic E-state index is 0.0172. The number of aliphatic hydroxyl groups is 1. The van der Waals surface area contributed by atoms with Gasteiger partial charge in [0.25, 0.3) is 0 Å². The highest BCUT2D eigenvalue weighted by Crippen LogP contribution is 2.23. The van der Waals surface area contributed by atoms with Gasteiger partial charge in [-0.25, -0.2) is 0 Å². The molecular weight excluding hydrogens is 182 g/mol. The Morgan fingerprint density at radius 3 is 2.38 bits per heavy atom. The fourth-order valence-electron chi connectivity index (χ4n) is 1.01. The van der Waals surface area contributed by atoms with Gasteiger partial charge in [-0.05, 0) is 24.3 Å². The first-order valence-corrected chi connectivity index (χ1v) is 5.22. The summed E-state index contributed by atoms with van der Waals surface area (Å²) in [6, 6.07) is 8.06. The SMILES string of the molecule is CC(C)Sc1ccc(NCO)cc1. The van der Waals surface area contributed by atoms with Crippen molar-refractivity contribution >= 4 is 17.4 Å². The van der Waals surface area contributed by atoms with E-state index in [4.69, 9.17) is 5.11 Å². The van der Waals surface area contributed by atoms with Gasteiger partial charge in [0.05, 0.1) is 0 Å². The van der Waals surface area contributed by atoms with Crippen molar-refractivity contribution in [3.63, 3.8) is 0 Å². The molecule has 13 heavy (non-hydrogen) atoms. The maximum Gasteiger partial charge on any atom is 0.113 e. The van der Waals surface area contributed by atoms with Crippen LogP contribution in [0, 0.1) is 0 Å². The molecule has 0 aromatic heterocycles. The normalized spacial score (nSPS) is 10.5. The van der Waals surface area contributed by atoms with Crippen molar-refractivity contribution < 1.29 is 5.11 Å². The molecule has 0 aliphatic rings. The zero-order valence-electron chi connectivity index (χ0n) is 7.95. The Labute approximate surface area is 83.4 Å². The average molecular weight is 197 g/mol. The fraction of sp³-hybridized carbons (Fsp3) is 0.400. The number of hydrogen-bond donors (Lipinski definition) is 2. The molecule has 1 aromatic carbocycles. The first kappa shape index (κ1) is 10.4. The smallest absolute Gasteiger partial charge is 0.113 e. The molecule has 72 valence electrons. The van der Waals surface area contributed by atoms with E-state index in [1.165, 1.54) is 4.90 Å². The minimum atomic E-state index is -0.0172. The molecule has 1 aromatic rings. The summed E-state index contributed by atoms with van der Waals surface area (Å²) in [7, 11) is 0. The van der Waals surface area contributed by atoms with Crippen molar-refractivity contribution in [2.75, 3.05) is 12.0 Å². The van der Waals surface area contributed by atoms with Crippen LogP contribution in [-0.4, -0.2) is 17.1 Å². The van der Waals surface area contributed by atoms with Crippen LogP contribution in [0.5, 0.6) is 0 Å². The van der Waals surface area contributed by atoms with E-state index in [9.17, 15) is 0 Å². The number of thioether (sulfide) groups is 1. The standard InChI is InChI=1S/C10H15NOS/c1-8(2)13-10-5-3-9(4-6-10)11-7-12/h3-6,8,11-12H,7H2,1-2H3. The van der Waals surface area contributed by atoms with Gasteiger partial charge >= 0.3 is 0 Å². The Bertz CT molecular complexity index is 246. The Balaban J connectivity index is 2.59. The van der Waals surface area contributed by atoms with Crippen LogP contribution in [0.4, 0.5) is 5.69 Å². The number of hydrogen-bond acceptors (Lipinski definition) is 3. The Morgan fingerprint density at radius 2 is 1.92 bits per heavy atom. The summed E-state index contributed by atoms with van der Waals surface area (Å²) < 4.78 is 0. The molecule has 2 nitrogen and oxygen atoms in total. The lowest BCUT2D eigenvalue weighted by molar-refractivity contribution is 0.325. The maximum absolute atomic E-state index is 8.62. The van der Waals surface area contributed by atoms with Crippen LogP contribution >= 0.6 is 11.8 Å². The molecule has 0 heterocycles. The second-order valence-electron chi connectivity index (χ2n) is 3.03. The minimum Gasteiger partial charge on any atom is -0.377 e.